The summed E-state index contributed by atoms with van der Waals surface area (Å²) >= 11 is 0. The molecule has 188 valence electrons. The molecule has 0 fully saturated rings. The number of nitrogens with zero attached hydrogens (tertiary/aromatic N) is 2. The molecule has 2 aromatic rings. The predicted molar refractivity (Wildman–Crippen MR) is 142 cm³/mol. The Morgan fingerprint density at radius 3 is 1.56 bits per heavy atom. The van der Waals surface area contributed by atoms with Gasteiger partial charge in [-0.05, 0) is 66.8 Å². The molecule has 0 heterocycles. The number of rotatable bonds is 12. The Bertz CT molecular complexity index is 923. The van der Waals surface area contributed by atoms with Crippen molar-refractivity contribution in [2.45, 2.75) is 65.2 Å². The van der Waals surface area contributed by atoms with Gasteiger partial charge in [-0.3, -0.25) is 0 Å². The minimum absolute atomic E-state index is 0.401. The van der Waals surface area contributed by atoms with Crippen LogP contribution in [0.25, 0.3) is 0 Å². The van der Waals surface area contributed by atoms with Crippen LogP contribution in [-0.2, 0) is 12.8 Å². The molecule has 6 nitrogen and oxygen atoms in total. The molecule has 0 atom stereocenters. The first-order valence-corrected chi connectivity index (χ1v) is 12.2. The summed E-state index contributed by atoms with van der Waals surface area (Å²) in [6.45, 7) is 4.17. The number of carboxylic acids is 2. The van der Waals surface area contributed by atoms with E-state index in [9.17, 15) is 14.7 Å². The van der Waals surface area contributed by atoms with Crippen LogP contribution in [0.2, 0.25) is 0 Å². The zero-order chi connectivity index (χ0) is 25.7. The summed E-state index contributed by atoms with van der Waals surface area (Å²) in [5, 5.41) is 18.2. The van der Waals surface area contributed by atoms with E-state index in [0.717, 1.165) is 41.8 Å². The maximum atomic E-state index is 11.3. The Morgan fingerprint density at radius 1 is 0.676 bits per heavy atom. The number of aryl methyl sites for hydroxylation is 2. The van der Waals surface area contributed by atoms with Gasteiger partial charge in [0.15, 0.2) is 0 Å². The number of carbonyl (C=O) groups is 2. The van der Waals surface area contributed by atoms with Gasteiger partial charge in [-0.25, -0.2) is 9.59 Å². The molecule has 34 heavy (non-hydrogen) atoms. The molecule has 0 bridgehead atoms. The zero-order valence-electron chi connectivity index (χ0n) is 21.7. The van der Waals surface area contributed by atoms with E-state index in [1.807, 2.05) is 69.2 Å². The lowest BCUT2D eigenvalue weighted by Crippen LogP contribution is -2.11. The molecule has 0 aliphatic carbocycles. The van der Waals surface area contributed by atoms with Gasteiger partial charge in [0.05, 0.1) is 11.1 Å². The summed E-state index contributed by atoms with van der Waals surface area (Å²) in [6, 6.07) is 11.0. The monoisotopic (exact) mass is 470 g/mol. The normalized spacial score (nSPS) is 10.3. The van der Waals surface area contributed by atoms with E-state index >= 15 is 0 Å². The van der Waals surface area contributed by atoms with E-state index in [2.05, 4.69) is 6.92 Å². The molecule has 0 radical (unpaired) electrons. The van der Waals surface area contributed by atoms with Gasteiger partial charge >= 0.3 is 11.9 Å². The first-order chi connectivity index (χ1) is 16.1. The lowest BCUT2D eigenvalue weighted by molar-refractivity contribution is 0.0685. The van der Waals surface area contributed by atoms with Crippen molar-refractivity contribution in [2.75, 3.05) is 38.0 Å². The van der Waals surface area contributed by atoms with Gasteiger partial charge in [0.2, 0.25) is 0 Å². The van der Waals surface area contributed by atoms with Crippen LogP contribution in [0.15, 0.2) is 36.4 Å². The highest BCUT2D eigenvalue weighted by Crippen LogP contribution is 2.21. The van der Waals surface area contributed by atoms with Crippen molar-refractivity contribution in [3.05, 3.63) is 58.7 Å². The van der Waals surface area contributed by atoms with Crippen LogP contribution in [0.3, 0.4) is 0 Å². The number of hydrogen-bond donors (Lipinski definition) is 2. The van der Waals surface area contributed by atoms with Crippen molar-refractivity contribution in [1.29, 1.82) is 0 Å². The highest BCUT2D eigenvalue weighted by molar-refractivity contribution is 5.90. The van der Waals surface area contributed by atoms with Crippen molar-refractivity contribution in [2.24, 2.45) is 0 Å². The van der Waals surface area contributed by atoms with Gasteiger partial charge in [-0.1, -0.05) is 46.0 Å². The summed E-state index contributed by atoms with van der Waals surface area (Å²) in [4.78, 5) is 26.1. The third-order valence-electron chi connectivity index (χ3n) is 5.85. The summed E-state index contributed by atoms with van der Waals surface area (Å²) < 4.78 is 0. The topological polar surface area (TPSA) is 81.1 Å². The Kier molecular flexibility index (Phi) is 12.8. The second-order valence-electron chi connectivity index (χ2n) is 8.95. The maximum Gasteiger partial charge on any atom is 0.335 e. The first kappa shape index (κ1) is 29.0. The van der Waals surface area contributed by atoms with E-state index in [1.54, 1.807) is 12.1 Å². The number of aromatic carboxylic acids is 2. The van der Waals surface area contributed by atoms with Crippen LogP contribution in [0.5, 0.6) is 0 Å². The molecule has 0 unspecified atom stereocenters. The van der Waals surface area contributed by atoms with Crippen LogP contribution in [0.4, 0.5) is 11.4 Å². The average Bonchev–Trinajstić information content (AvgIpc) is 2.80. The van der Waals surface area contributed by atoms with Crippen molar-refractivity contribution < 1.29 is 19.8 Å². The van der Waals surface area contributed by atoms with E-state index in [-0.39, 0.29) is 0 Å². The summed E-state index contributed by atoms with van der Waals surface area (Å²) in [7, 11) is 7.83. The standard InChI is InChI=1S/C17H27NO2.C11H15NO2/c1-4-5-6-7-8-9-10-14-13-15(18(2)3)11-12-16(14)17(19)20;1-4-8-7-9(12(2)3)5-6-10(8)11(13)14/h11-13H,4-10H2,1-3H3,(H,19,20);5-7H,4H2,1-3H3,(H,13,14). The van der Waals surface area contributed by atoms with Gasteiger partial charge in [-0.2, -0.15) is 0 Å². The Labute approximate surface area is 205 Å². The van der Waals surface area contributed by atoms with Gasteiger partial charge in [-0.15, -0.1) is 0 Å². The quantitative estimate of drug-likeness (QED) is 0.351. The van der Waals surface area contributed by atoms with Crippen molar-refractivity contribution in [1.82, 2.24) is 0 Å². The average molecular weight is 471 g/mol. The smallest absolute Gasteiger partial charge is 0.335 e. The van der Waals surface area contributed by atoms with Gasteiger partial charge < -0.3 is 20.0 Å². The Morgan fingerprint density at radius 2 is 1.12 bits per heavy atom. The van der Waals surface area contributed by atoms with Gasteiger partial charge in [0.25, 0.3) is 0 Å². The molecule has 0 aromatic heterocycles. The van der Waals surface area contributed by atoms with Gasteiger partial charge in [0.1, 0.15) is 0 Å². The molecular weight excluding hydrogens is 428 g/mol. The fraction of sp³-hybridized carbons (Fsp3) is 0.500. The van der Waals surface area contributed by atoms with Crippen molar-refractivity contribution in [3.63, 3.8) is 0 Å². The molecule has 2 N–H and O–H groups in total. The zero-order valence-corrected chi connectivity index (χ0v) is 21.7. The van der Waals surface area contributed by atoms with E-state index in [4.69, 9.17) is 5.11 Å². The van der Waals surface area contributed by atoms with Crippen molar-refractivity contribution in [3.8, 4) is 0 Å². The lowest BCUT2D eigenvalue weighted by Gasteiger charge is -2.15. The highest BCUT2D eigenvalue weighted by atomic mass is 16.4. The van der Waals surface area contributed by atoms with Crippen LogP contribution < -0.4 is 9.80 Å². The largest absolute Gasteiger partial charge is 0.478 e. The Balaban J connectivity index is 0.000000362. The minimum atomic E-state index is -0.854. The molecule has 2 rings (SSSR count). The van der Waals surface area contributed by atoms with E-state index in [1.165, 1.54) is 32.1 Å². The summed E-state index contributed by atoms with van der Waals surface area (Å²) in [5.41, 5.74) is 4.79. The summed E-state index contributed by atoms with van der Waals surface area (Å²) in [6.07, 6.45) is 8.96. The maximum absolute atomic E-state index is 11.3. The molecule has 0 saturated carbocycles. The van der Waals surface area contributed by atoms with E-state index in [0.29, 0.717) is 11.1 Å². The van der Waals surface area contributed by atoms with Crippen LogP contribution in [-0.4, -0.2) is 50.3 Å². The molecule has 0 aliphatic rings. The summed E-state index contributed by atoms with van der Waals surface area (Å²) in [5.74, 6) is -1.68. The fourth-order valence-corrected chi connectivity index (χ4v) is 3.73. The lowest BCUT2D eigenvalue weighted by atomic mass is 9.99. The first-order valence-electron chi connectivity index (χ1n) is 12.2. The van der Waals surface area contributed by atoms with Crippen LogP contribution in [0, 0.1) is 0 Å². The molecule has 2 aromatic carbocycles. The third kappa shape index (κ3) is 9.46. The Hall–Kier alpha value is -3.02. The third-order valence-corrected chi connectivity index (χ3v) is 5.85. The number of anilines is 2. The van der Waals surface area contributed by atoms with Crippen molar-refractivity contribution >= 4 is 23.3 Å². The van der Waals surface area contributed by atoms with Crippen LogP contribution in [0.1, 0.15) is 84.2 Å². The molecule has 0 amide bonds. The van der Waals surface area contributed by atoms with Gasteiger partial charge in [0, 0.05) is 39.6 Å². The van der Waals surface area contributed by atoms with Crippen LogP contribution >= 0.6 is 0 Å². The number of carboxylic acid groups (broad SMARTS) is 2. The second-order valence-corrected chi connectivity index (χ2v) is 8.95. The molecule has 6 heteroatoms. The molecule has 0 spiro atoms. The second kappa shape index (κ2) is 15.0. The highest BCUT2D eigenvalue weighted by Gasteiger charge is 2.11. The fourth-order valence-electron chi connectivity index (χ4n) is 3.73. The predicted octanol–water partition coefficient (Wildman–Crippen LogP) is 6.37. The number of unbranched alkanes of at least 4 members (excludes halogenated alkanes) is 5. The molecule has 0 aliphatic heterocycles. The number of hydrogen-bond acceptors (Lipinski definition) is 4. The molecular formula is C28H42N2O4. The van der Waals surface area contributed by atoms with E-state index < -0.39 is 11.9 Å². The minimum Gasteiger partial charge on any atom is -0.478 e. The number of benzene rings is 2. The SMILES string of the molecule is CCCCCCCCc1cc(N(C)C)ccc1C(=O)O.CCc1cc(N(C)C)ccc1C(=O)O. The molecule has 0 saturated heterocycles.